The summed E-state index contributed by atoms with van der Waals surface area (Å²) in [6, 6.07) is 57.2. The standard InChI is InChI=1S/C43H26BrNO/c44-27-23-25-28(26-24-27)45(39-21-9-15-32-31-13-4-8-22-40(31)46-42(32)39)38-20-10-19-37-41(38)33-14-3-7-18-36(33)43(37)34-16-5-1-11-29(34)30-12-2-6-17-35(30)43/h1-26H. The lowest BCUT2D eigenvalue weighted by Gasteiger charge is -2.31. The zero-order valence-corrected chi connectivity index (χ0v) is 26.3. The van der Waals surface area contributed by atoms with E-state index in [1.807, 2.05) is 6.07 Å². The summed E-state index contributed by atoms with van der Waals surface area (Å²) in [4.78, 5) is 2.39. The second-order valence-corrected chi connectivity index (χ2v) is 13.1. The van der Waals surface area contributed by atoms with Crippen LogP contribution < -0.4 is 4.90 Å². The highest BCUT2D eigenvalue weighted by Gasteiger charge is 2.52. The van der Waals surface area contributed by atoms with Crippen LogP contribution in [0.15, 0.2) is 167 Å². The highest BCUT2D eigenvalue weighted by atomic mass is 79.9. The largest absolute Gasteiger partial charge is 0.454 e. The first-order valence-electron chi connectivity index (χ1n) is 15.6. The van der Waals surface area contributed by atoms with Gasteiger partial charge in [0.15, 0.2) is 5.58 Å². The highest BCUT2D eigenvalue weighted by molar-refractivity contribution is 9.10. The van der Waals surface area contributed by atoms with Crippen LogP contribution in [0.1, 0.15) is 22.3 Å². The molecular weight excluding hydrogens is 626 g/mol. The molecule has 0 amide bonds. The Kier molecular flexibility index (Phi) is 5.38. The van der Waals surface area contributed by atoms with Crippen LogP contribution in [0.25, 0.3) is 44.2 Å². The van der Waals surface area contributed by atoms with Gasteiger partial charge in [0.2, 0.25) is 0 Å². The molecule has 1 spiro atoms. The monoisotopic (exact) mass is 651 g/mol. The van der Waals surface area contributed by atoms with Crippen molar-refractivity contribution in [2.45, 2.75) is 5.41 Å². The van der Waals surface area contributed by atoms with E-state index in [1.54, 1.807) is 0 Å². The molecule has 216 valence electrons. The van der Waals surface area contributed by atoms with E-state index in [9.17, 15) is 0 Å². The van der Waals surface area contributed by atoms with E-state index >= 15 is 0 Å². The molecule has 1 aromatic heterocycles. The van der Waals surface area contributed by atoms with Crippen LogP contribution >= 0.6 is 15.9 Å². The second kappa shape index (κ2) is 9.56. The van der Waals surface area contributed by atoms with Crippen molar-refractivity contribution in [3.63, 3.8) is 0 Å². The maximum atomic E-state index is 6.66. The molecule has 0 saturated heterocycles. The van der Waals surface area contributed by atoms with Gasteiger partial charge in [-0.05, 0) is 81.4 Å². The van der Waals surface area contributed by atoms with E-state index in [4.69, 9.17) is 4.42 Å². The van der Waals surface area contributed by atoms with Crippen molar-refractivity contribution in [1.82, 2.24) is 0 Å². The average Bonchev–Trinajstić information content (AvgIpc) is 3.74. The van der Waals surface area contributed by atoms with Crippen molar-refractivity contribution in [3.8, 4) is 22.3 Å². The molecule has 8 aromatic rings. The first kappa shape index (κ1) is 25.9. The molecule has 10 rings (SSSR count). The Hall–Kier alpha value is -5.38. The molecule has 0 radical (unpaired) electrons. The average molecular weight is 653 g/mol. The maximum absolute atomic E-state index is 6.66. The number of fused-ring (bicyclic) bond motifs is 13. The zero-order chi connectivity index (χ0) is 30.4. The maximum Gasteiger partial charge on any atom is 0.159 e. The number of furan rings is 1. The molecular formula is C43H26BrNO. The molecule has 3 heteroatoms. The molecule has 0 N–H and O–H groups in total. The minimum atomic E-state index is -0.411. The summed E-state index contributed by atoms with van der Waals surface area (Å²) in [5.41, 5.74) is 15.0. The van der Waals surface area contributed by atoms with Crippen molar-refractivity contribution >= 4 is 54.9 Å². The van der Waals surface area contributed by atoms with Gasteiger partial charge in [-0.15, -0.1) is 0 Å². The Morgan fingerprint density at radius 3 is 1.74 bits per heavy atom. The third-order valence-electron chi connectivity index (χ3n) is 9.95. The van der Waals surface area contributed by atoms with Crippen LogP contribution in [0.5, 0.6) is 0 Å². The lowest BCUT2D eigenvalue weighted by Crippen LogP contribution is -2.26. The lowest BCUT2D eigenvalue weighted by atomic mass is 9.70. The Bertz CT molecular complexity index is 2460. The number of hydrogen-bond acceptors (Lipinski definition) is 2. The summed E-state index contributed by atoms with van der Waals surface area (Å²) < 4.78 is 7.70. The van der Waals surface area contributed by atoms with Gasteiger partial charge in [-0.3, -0.25) is 0 Å². The molecule has 0 fully saturated rings. The Morgan fingerprint density at radius 1 is 0.457 bits per heavy atom. The van der Waals surface area contributed by atoms with Crippen molar-refractivity contribution in [2.75, 3.05) is 4.90 Å². The molecule has 7 aromatic carbocycles. The van der Waals surface area contributed by atoms with Crippen LogP contribution in [-0.2, 0) is 5.41 Å². The number of rotatable bonds is 3. The van der Waals surface area contributed by atoms with E-state index in [0.29, 0.717) is 0 Å². The predicted molar refractivity (Wildman–Crippen MR) is 192 cm³/mol. The van der Waals surface area contributed by atoms with Gasteiger partial charge in [0.25, 0.3) is 0 Å². The summed E-state index contributed by atoms with van der Waals surface area (Å²) in [6.07, 6.45) is 0. The topological polar surface area (TPSA) is 16.4 Å². The van der Waals surface area contributed by atoms with E-state index in [1.165, 1.54) is 44.5 Å². The van der Waals surface area contributed by atoms with Crippen molar-refractivity contribution in [2.24, 2.45) is 0 Å². The molecule has 0 aliphatic heterocycles. The smallest absolute Gasteiger partial charge is 0.159 e. The lowest BCUT2D eigenvalue weighted by molar-refractivity contribution is 0.669. The Balaban J connectivity index is 1.33. The highest BCUT2D eigenvalue weighted by Crippen LogP contribution is 2.64. The molecule has 46 heavy (non-hydrogen) atoms. The van der Waals surface area contributed by atoms with Gasteiger partial charge in [-0.1, -0.05) is 131 Å². The second-order valence-electron chi connectivity index (χ2n) is 12.2. The Morgan fingerprint density at radius 2 is 1.00 bits per heavy atom. The fourth-order valence-corrected chi connectivity index (χ4v) is 8.48. The third-order valence-corrected chi connectivity index (χ3v) is 10.5. The van der Waals surface area contributed by atoms with Crippen LogP contribution in [0, 0.1) is 0 Å². The van der Waals surface area contributed by atoms with Gasteiger partial charge in [0.05, 0.1) is 16.8 Å². The van der Waals surface area contributed by atoms with Gasteiger partial charge in [-0.25, -0.2) is 0 Å². The molecule has 0 bridgehead atoms. The zero-order valence-electron chi connectivity index (χ0n) is 24.7. The van der Waals surface area contributed by atoms with E-state index in [-0.39, 0.29) is 0 Å². The van der Waals surface area contributed by atoms with Gasteiger partial charge in [0.1, 0.15) is 5.58 Å². The molecule has 0 unspecified atom stereocenters. The number of para-hydroxylation sites is 2. The van der Waals surface area contributed by atoms with Gasteiger partial charge >= 0.3 is 0 Å². The van der Waals surface area contributed by atoms with Crippen molar-refractivity contribution in [1.29, 1.82) is 0 Å². The number of benzene rings is 7. The molecule has 2 aliphatic carbocycles. The van der Waals surface area contributed by atoms with Crippen LogP contribution in [-0.4, -0.2) is 0 Å². The third kappa shape index (κ3) is 3.30. The van der Waals surface area contributed by atoms with Gasteiger partial charge < -0.3 is 9.32 Å². The summed E-state index contributed by atoms with van der Waals surface area (Å²) in [6.45, 7) is 0. The quantitative estimate of drug-likeness (QED) is 0.189. The van der Waals surface area contributed by atoms with E-state index in [0.717, 1.165) is 43.5 Å². The van der Waals surface area contributed by atoms with Crippen molar-refractivity contribution < 1.29 is 4.42 Å². The normalized spacial score (nSPS) is 13.5. The SMILES string of the molecule is Brc1ccc(N(c2cccc3c2-c2ccccc2C32c3ccccc3-c3ccccc32)c2cccc3c2oc2ccccc23)cc1. The number of hydrogen-bond donors (Lipinski definition) is 0. The first-order valence-corrected chi connectivity index (χ1v) is 16.4. The Labute approximate surface area is 275 Å². The van der Waals surface area contributed by atoms with E-state index < -0.39 is 5.41 Å². The summed E-state index contributed by atoms with van der Waals surface area (Å²) in [5.74, 6) is 0. The number of halogens is 1. The predicted octanol–water partition coefficient (Wildman–Crippen LogP) is 12.2. The number of anilines is 3. The minimum absolute atomic E-state index is 0.411. The van der Waals surface area contributed by atoms with Crippen molar-refractivity contribution in [3.05, 3.63) is 184 Å². The fourth-order valence-electron chi connectivity index (χ4n) is 8.22. The molecule has 1 heterocycles. The summed E-state index contributed by atoms with van der Waals surface area (Å²) in [7, 11) is 0. The van der Waals surface area contributed by atoms with Gasteiger partial charge in [0, 0.05) is 26.5 Å². The van der Waals surface area contributed by atoms with Crippen LogP contribution in [0.4, 0.5) is 17.1 Å². The minimum Gasteiger partial charge on any atom is -0.454 e. The molecule has 0 saturated carbocycles. The van der Waals surface area contributed by atoms with Gasteiger partial charge in [-0.2, -0.15) is 0 Å². The molecule has 0 atom stereocenters. The summed E-state index contributed by atoms with van der Waals surface area (Å²) >= 11 is 3.68. The number of nitrogens with zero attached hydrogens (tertiary/aromatic N) is 1. The van der Waals surface area contributed by atoms with Crippen LogP contribution in [0.3, 0.4) is 0 Å². The first-order chi connectivity index (χ1) is 22.7. The summed E-state index contributed by atoms with van der Waals surface area (Å²) in [5, 5.41) is 2.23. The fraction of sp³-hybridized carbons (Fsp3) is 0.0233. The molecule has 2 nitrogen and oxygen atoms in total. The van der Waals surface area contributed by atoms with E-state index in [2.05, 4.69) is 172 Å². The molecule has 2 aliphatic rings. The van der Waals surface area contributed by atoms with Crippen LogP contribution in [0.2, 0.25) is 0 Å².